The third kappa shape index (κ3) is 4.45. The summed E-state index contributed by atoms with van der Waals surface area (Å²) in [5.41, 5.74) is -0.668. The molecule has 0 saturated carbocycles. The lowest BCUT2D eigenvalue weighted by molar-refractivity contribution is -0.126. The third-order valence-electron chi connectivity index (χ3n) is 3.76. The molecule has 0 unspecified atom stereocenters. The van der Waals surface area contributed by atoms with Gasteiger partial charge in [-0.3, -0.25) is 9.69 Å². The summed E-state index contributed by atoms with van der Waals surface area (Å²) in [4.78, 5) is 25.7. The molecule has 2 rings (SSSR count). The second-order valence-corrected chi connectivity index (χ2v) is 6.96. The van der Waals surface area contributed by atoms with Gasteiger partial charge in [0.05, 0.1) is 6.54 Å². The molecule has 2 amide bonds. The Hall–Kier alpha value is -1.59. The van der Waals surface area contributed by atoms with E-state index < -0.39 is 23.9 Å². The number of hydrogen-bond donors (Lipinski definition) is 1. The molecule has 0 aromatic heterocycles. The molecule has 1 N–H and O–H groups in total. The van der Waals surface area contributed by atoms with Crippen molar-refractivity contribution >= 4 is 12.0 Å². The van der Waals surface area contributed by atoms with Crippen LogP contribution in [0.1, 0.15) is 46.5 Å². The molecule has 2 aliphatic rings. The molecular weight excluding hydrogens is 287 g/mol. The standard InChI is InChI=1S/C16H25FN2O3/c1-16(2,3)22-15(21)19-10-11(17)9-13(19)14(20)18-12-7-5-4-6-8-12/h5,7,11-13H,4,6,8-10H2,1-3H3,(H,18,20)/t11-,12-,13+/m0/s1. The van der Waals surface area contributed by atoms with Crippen molar-refractivity contribution in [3.8, 4) is 0 Å². The molecule has 5 nitrogen and oxygen atoms in total. The summed E-state index contributed by atoms with van der Waals surface area (Å²) in [5, 5.41) is 2.89. The van der Waals surface area contributed by atoms with E-state index in [0.717, 1.165) is 19.3 Å². The van der Waals surface area contributed by atoms with E-state index in [0.29, 0.717) is 0 Å². The third-order valence-corrected chi connectivity index (χ3v) is 3.76. The molecule has 22 heavy (non-hydrogen) atoms. The first-order chi connectivity index (χ1) is 10.3. The molecule has 0 spiro atoms. The Morgan fingerprint density at radius 3 is 2.68 bits per heavy atom. The van der Waals surface area contributed by atoms with Gasteiger partial charge >= 0.3 is 6.09 Å². The van der Waals surface area contributed by atoms with E-state index in [4.69, 9.17) is 4.74 Å². The summed E-state index contributed by atoms with van der Waals surface area (Å²) in [6.07, 6.45) is 5.12. The molecule has 0 bridgehead atoms. The highest BCUT2D eigenvalue weighted by molar-refractivity contribution is 5.86. The van der Waals surface area contributed by atoms with Crippen molar-refractivity contribution in [1.82, 2.24) is 10.2 Å². The van der Waals surface area contributed by atoms with Gasteiger partial charge in [0.15, 0.2) is 0 Å². The minimum Gasteiger partial charge on any atom is -0.444 e. The topological polar surface area (TPSA) is 58.6 Å². The van der Waals surface area contributed by atoms with E-state index in [2.05, 4.69) is 5.32 Å². The maximum atomic E-state index is 13.7. The summed E-state index contributed by atoms with van der Waals surface area (Å²) >= 11 is 0. The predicted molar refractivity (Wildman–Crippen MR) is 81.2 cm³/mol. The van der Waals surface area contributed by atoms with Gasteiger partial charge in [0, 0.05) is 12.5 Å². The maximum Gasteiger partial charge on any atom is 0.411 e. The van der Waals surface area contributed by atoms with Gasteiger partial charge in [-0.2, -0.15) is 0 Å². The van der Waals surface area contributed by atoms with Crippen LogP contribution in [-0.2, 0) is 9.53 Å². The lowest BCUT2D eigenvalue weighted by atomic mass is 10.0. The molecule has 0 aromatic carbocycles. The van der Waals surface area contributed by atoms with Gasteiger partial charge in [-0.15, -0.1) is 0 Å². The second kappa shape index (κ2) is 6.67. The van der Waals surface area contributed by atoms with E-state index in [1.54, 1.807) is 20.8 Å². The van der Waals surface area contributed by atoms with Crippen LogP contribution in [-0.4, -0.2) is 47.3 Å². The van der Waals surface area contributed by atoms with E-state index in [9.17, 15) is 14.0 Å². The van der Waals surface area contributed by atoms with Crippen molar-refractivity contribution in [3.63, 3.8) is 0 Å². The average molecular weight is 312 g/mol. The fraction of sp³-hybridized carbons (Fsp3) is 0.750. The highest BCUT2D eigenvalue weighted by Gasteiger charge is 2.42. The lowest BCUT2D eigenvalue weighted by Crippen LogP contribution is -2.49. The van der Waals surface area contributed by atoms with Gasteiger partial charge in [0.25, 0.3) is 0 Å². The fourth-order valence-electron chi connectivity index (χ4n) is 2.77. The predicted octanol–water partition coefficient (Wildman–Crippen LogP) is 2.56. The first kappa shape index (κ1) is 16.8. The van der Waals surface area contributed by atoms with Crippen LogP contribution in [0.15, 0.2) is 12.2 Å². The summed E-state index contributed by atoms with van der Waals surface area (Å²) in [6, 6.07) is -0.819. The number of likely N-dealkylation sites (tertiary alicyclic amines) is 1. The Kier molecular flexibility index (Phi) is 5.08. The number of hydrogen-bond acceptors (Lipinski definition) is 3. The largest absolute Gasteiger partial charge is 0.444 e. The molecule has 1 saturated heterocycles. The number of amides is 2. The number of rotatable bonds is 2. The van der Waals surface area contributed by atoms with Gasteiger partial charge in [-0.1, -0.05) is 12.2 Å². The normalized spacial score (nSPS) is 28.5. The first-order valence-corrected chi connectivity index (χ1v) is 7.87. The highest BCUT2D eigenvalue weighted by atomic mass is 19.1. The SMILES string of the molecule is CC(C)(C)OC(=O)N1C[C@@H](F)C[C@@H]1C(=O)N[C@H]1C=CCCC1. The Labute approximate surface area is 130 Å². The molecule has 1 aliphatic carbocycles. The van der Waals surface area contributed by atoms with Crippen LogP contribution >= 0.6 is 0 Å². The van der Waals surface area contributed by atoms with E-state index in [1.807, 2.05) is 12.2 Å². The van der Waals surface area contributed by atoms with Crippen LogP contribution in [0.2, 0.25) is 0 Å². The van der Waals surface area contributed by atoms with Crippen LogP contribution in [0.25, 0.3) is 0 Å². The van der Waals surface area contributed by atoms with Gasteiger partial charge < -0.3 is 10.1 Å². The van der Waals surface area contributed by atoms with Crippen LogP contribution in [0.3, 0.4) is 0 Å². The zero-order valence-electron chi connectivity index (χ0n) is 13.5. The Balaban J connectivity index is 2.00. The van der Waals surface area contributed by atoms with E-state index in [1.165, 1.54) is 4.90 Å². The maximum absolute atomic E-state index is 13.7. The minimum atomic E-state index is -1.19. The lowest BCUT2D eigenvalue weighted by Gasteiger charge is -2.29. The average Bonchev–Trinajstić information content (AvgIpc) is 2.80. The summed E-state index contributed by atoms with van der Waals surface area (Å²) in [7, 11) is 0. The number of carbonyl (C=O) groups excluding carboxylic acids is 2. The zero-order valence-corrected chi connectivity index (χ0v) is 13.5. The second-order valence-electron chi connectivity index (χ2n) is 6.96. The van der Waals surface area contributed by atoms with Crippen molar-refractivity contribution in [3.05, 3.63) is 12.2 Å². The quantitative estimate of drug-likeness (QED) is 0.797. The van der Waals surface area contributed by atoms with Crippen molar-refractivity contribution in [2.45, 2.75) is 70.3 Å². The molecule has 0 aromatic rings. The number of halogens is 1. The first-order valence-electron chi connectivity index (χ1n) is 7.87. The monoisotopic (exact) mass is 312 g/mol. The van der Waals surface area contributed by atoms with Crippen molar-refractivity contribution in [1.29, 1.82) is 0 Å². The van der Waals surface area contributed by atoms with Gasteiger partial charge in [-0.25, -0.2) is 9.18 Å². The Morgan fingerprint density at radius 2 is 2.09 bits per heavy atom. The van der Waals surface area contributed by atoms with Crippen molar-refractivity contribution in [2.75, 3.05) is 6.54 Å². The molecule has 6 heteroatoms. The van der Waals surface area contributed by atoms with Gasteiger partial charge in [0.2, 0.25) is 5.91 Å². The van der Waals surface area contributed by atoms with Gasteiger partial charge in [-0.05, 0) is 40.0 Å². The Bertz CT molecular complexity index is 459. The molecule has 0 radical (unpaired) electrons. The molecule has 1 aliphatic heterocycles. The smallest absolute Gasteiger partial charge is 0.411 e. The molecule has 1 fully saturated rings. The van der Waals surface area contributed by atoms with E-state index in [-0.39, 0.29) is 24.9 Å². The number of nitrogens with zero attached hydrogens (tertiary/aromatic N) is 1. The summed E-state index contributed by atoms with van der Waals surface area (Å²) < 4.78 is 19.0. The molecule has 3 atom stereocenters. The van der Waals surface area contributed by atoms with Crippen LogP contribution in [0, 0.1) is 0 Å². The number of nitrogens with one attached hydrogen (secondary N) is 1. The Morgan fingerprint density at radius 1 is 1.36 bits per heavy atom. The molecule has 1 heterocycles. The number of carbonyl (C=O) groups is 2. The zero-order chi connectivity index (χ0) is 16.3. The van der Waals surface area contributed by atoms with Gasteiger partial charge in [0.1, 0.15) is 17.8 Å². The van der Waals surface area contributed by atoms with E-state index >= 15 is 0 Å². The summed E-state index contributed by atoms with van der Waals surface area (Å²) in [5.74, 6) is -0.303. The van der Waals surface area contributed by atoms with Crippen molar-refractivity contribution in [2.24, 2.45) is 0 Å². The van der Waals surface area contributed by atoms with Crippen LogP contribution in [0.5, 0.6) is 0 Å². The minimum absolute atomic E-state index is 0.0274. The number of ether oxygens (including phenoxy) is 1. The van der Waals surface area contributed by atoms with Crippen LogP contribution < -0.4 is 5.32 Å². The van der Waals surface area contributed by atoms with Crippen LogP contribution in [0.4, 0.5) is 9.18 Å². The van der Waals surface area contributed by atoms with Crippen molar-refractivity contribution < 1.29 is 18.7 Å². The number of allylic oxidation sites excluding steroid dienone is 1. The fourth-order valence-corrected chi connectivity index (χ4v) is 2.77. The molecular formula is C16H25FN2O3. The highest BCUT2D eigenvalue weighted by Crippen LogP contribution is 2.24. The number of alkyl halides is 1. The summed E-state index contributed by atoms with van der Waals surface area (Å²) in [6.45, 7) is 5.15. The molecule has 124 valence electrons.